The van der Waals surface area contributed by atoms with Crippen LogP contribution in [0.15, 0.2) is 59.1 Å². The molecule has 1 aromatic heterocycles. The number of carbonyl (C=O) groups is 1. The lowest BCUT2D eigenvalue weighted by atomic mass is 9.95. The first kappa shape index (κ1) is 20.6. The Hall–Kier alpha value is -3.68. The van der Waals surface area contributed by atoms with E-state index in [-0.39, 0.29) is 22.4 Å². The van der Waals surface area contributed by atoms with Gasteiger partial charge in [0.1, 0.15) is 11.4 Å². The number of nitro groups is 1. The molecule has 0 atom stereocenters. The summed E-state index contributed by atoms with van der Waals surface area (Å²) in [4.78, 5) is 25.6. The van der Waals surface area contributed by atoms with Crippen molar-refractivity contribution in [2.24, 2.45) is 5.92 Å². The molecule has 0 aliphatic carbocycles. The second-order valence-corrected chi connectivity index (χ2v) is 7.62. The molecule has 2 aromatic carbocycles. The Morgan fingerprint density at radius 3 is 2.58 bits per heavy atom. The largest absolute Gasteiger partial charge is 0.366 e. The zero-order valence-electron chi connectivity index (χ0n) is 17.3. The number of anilines is 2. The normalized spacial score (nSPS) is 14.4. The minimum atomic E-state index is -0.370. The van der Waals surface area contributed by atoms with E-state index in [4.69, 9.17) is 4.52 Å². The number of aromatic nitrogens is 1. The van der Waals surface area contributed by atoms with E-state index in [0.29, 0.717) is 43.2 Å². The van der Waals surface area contributed by atoms with Crippen LogP contribution < -0.4 is 10.2 Å². The molecule has 8 heteroatoms. The molecule has 8 nitrogen and oxygen atoms in total. The number of benzene rings is 2. The zero-order chi connectivity index (χ0) is 21.8. The number of nitro benzene ring substituents is 1. The van der Waals surface area contributed by atoms with E-state index in [1.165, 1.54) is 11.6 Å². The molecule has 160 valence electrons. The van der Waals surface area contributed by atoms with Crippen molar-refractivity contribution in [1.29, 1.82) is 0 Å². The first-order chi connectivity index (χ1) is 15.0. The average Bonchev–Trinajstić information content (AvgIpc) is 3.27. The van der Waals surface area contributed by atoms with Crippen LogP contribution in [0.4, 0.5) is 17.3 Å². The van der Waals surface area contributed by atoms with Gasteiger partial charge in [0.2, 0.25) is 11.8 Å². The van der Waals surface area contributed by atoms with Gasteiger partial charge in [-0.05, 0) is 30.9 Å². The van der Waals surface area contributed by atoms with Crippen LogP contribution in [-0.2, 0) is 11.2 Å². The monoisotopic (exact) mass is 420 g/mol. The number of nitrogens with one attached hydrogen (secondary N) is 1. The topological polar surface area (TPSA) is 102 Å². The van der Waals surface area contributed by atoms with E-state index in [9.17, 15) is 14.9 Å². The molecule has 1 saturated heterocycles. The van der Waals surface area contributed by atoms with Crippen LogP contribution in [0.25, 0.3) is 11.3 Å². The molecule has 31 heavy (non-hydrogen) atoms. The second kappa shape index (κ2) is 8.99. The van der Waals surface area contributed by atoms with Crippen molar-refractivity contribution < 1.29 is 14.2 Å². The Labute approximate surface area is 180 Å². The van der Waals surface area contributed by atoms with Gasteiger partial charge >= 0.3 is 0 Å². The van der Waals surface area contributed by atoms with Gasteiger partial charge in [-0.3, -0.25) is 20.2 Å². The van der Waals surface area contributed by atoms with Gasteiger partial charge in [-0.15, -0.1) is 0 Å². The Bertz CT molecular complexity index is 1070. The summed E-state index contributed by atoms with van der Waals surface area (Å²) in [6, 6.07) is 16.5. The summed E-state index contributed by atoms with van der Waals surface area (Å²) in [6.07, 6.45) is 2.19. The maximum absolute atomic E-state index is 12.7. The van der Waals surface area contributed by atoms with Crippen LogP contribution in [0.1, 0.15) is 25.3 Å². The van der Waals surface area contributed by atoms with Gasteiger partial charge in [-0.25, -0.2) is 0 Å². The van der Waals surface area contributed by atoms with Crippen molar-refractivity contribution in [1.82, 2.24) is 5.16 Å². The van der Waals surface area contributed by atoms with E-state index in [1.54, 1.807) is 24.3 Å². The van der Waals surface area contributed by atoms with E-state index in [1.807, 2.05) is 29.2 Å². The molecule has 0 unspecified atom stereocenters. The standard InChI is InChI=1S/C23H24N4O4/c1-2-16-7-9-17(10-8-16)19-15-22(31-25-19)24-23(28)18-11-13-26(14-12-18)20-5-3-4-6-21(20)27(29)30/h3-10,15,18H,2,11-14H2,1H3,(H,24,28). The third-order valence-corrected chi connectivity index (χ3v) is 5.70. The van der Waals surface area contributed by atoms with Crippen molar-refractivity contribution in [3.05, 3.63) is 70.3 Å². The molecule has 3 aromatic rings. The van der Waals surface area contributed by atoms with Gasteiger partial charge in [-0.2, -0.15) is 0 Å². The molecular formula is C23H24N4O4. The van der Waals surface area contributed by atoms with Gasteiger partial charge < -0.3 is 9.42 Å². The minimum Gasteiger partial charge on any atom is -0.366 e. The first-order valence-electron chi connectivity index (χ1n) is 10.4. The molecule has 1 amide bonds. The Morgan fingerprint density at radius 2 is 1.90 bits per heavy atom. The summed E-state index contributed by atoms with van der Waals surface area (Å²) >= 11 is 0. The van der Waals surface area contributed by atoms with Crippen LogP contribution in [-0.4, -0.2) is 29.1 Å². The van der Waals surface area contributed by atoms with Crippen molar-refractivity contribution in [2.75, 3.05) is 23.3 Å². The molecule has 1 fully saturated rings. The van der Waals surface area contributed by atoms with Crippen molar-refractivity contribution in [3.8, 4) is 11.3 Å². The maximum Gasteiger partial charge on any atom is 0.292 e. The van der Waals surface area contributed by atoms with Crippen LogP contribution in [0, 0.1) is 16.0 Å². The van der Waals surface area contributed by atoms with E-state index in [2.05, 4.69) is 17.4 Å². The molecule has 4 rings (SSSR count). The Kier molecular flexibility index (Phi) is 5.97. The van der Waals surface area contributed by atoms with Crippen LogP contribution in [0.5, 0.6) is 0 Å². The van der Waals surface area contributed by atoms with Gasteiger partial charge in [0.25, 0.3) is 5.69 Å². The lowest BCUT2D eigenvalue weighted by Crippen LogP contribution is -2.38. The highest BCUT2D eigenvalue weighted by Gasteiger charge is 2.28. The molecule has 0 saturated carbocycles. The number of nitrogens with zero attached hydrogens (tertiary/aromatic N) is 3. The van der Waals surface area contributed by atoms with E-state index in [0.717, 1.165) is 12.0 Å². The average molecular weight is 420 g/mol. The first-order valence-corrected chi connectivity index (χ1v) is 10.4. The fraction of sp³-hybridized carbons (Fsp3) is 0.304. The number of aryl methyl sites for hydroxylation is 1. The lowest BCUT2D eigenvalue weighted by molar-refractivity contribution is -0.384. The van der Waals surface area contributed by atoms with Crippen LogP contribution in [0.3, 0.4) is 0 Å². The highest BCUT2D eigenvalue weighted by atomic mass is 16.6. The molecule has 1 aliphatic rings. The molecule has 0 bridgehead atoms. The summed E-state index contributed by atoms with van der Waals surface area (Å²) < 4.78 is 5.30. The highest BCUT2D eigenvalue weighted by Crippen LogP contribution is 2.31. The summed E-state index contributed by atoms with van der Waals surface area (Å²) in [5, 5.41) is 18.1. The quantitative estimate of drug-likeness (QED) is 0.459. The minimum absolute atomic E-state index is 0.0894. The third-order valence-electron chi connectivity index (χ3n) is 5.70. The molecular weight excluding hydrogens is 396 g/mol. The molecule has 0 spiro atoms. The summed E-state index contributed by atoms with van der Waals surface area (Å²) in [6.45, 7) is 3.26. The Morgan fingerprint density at radius 1 is 1.19 bits per heavy atom. The predicted octanol–water partition coefficient (Wildman–Crippen LogP) is 4.67. The van der Waals surface area contributed by atoms with Crippen LogP contribution in [0.2, 0.25) is 0 Å². The van der Waals surface area contributed by atoms with Crippen molar-refractivity contribution in [2.45, 2.75) is 26.2 Å². The van der Waals surface area contributed by atoms with Gasteiger partial charge in [-0.1, -0.05) is 48.5 Å². The molecule has 2 heterocycles. The van der Waals surface area contributed by atoms with Gasteiger partial charge in [0, 0.05) is 36.7 Å². The smallest absolute Gasteiger partial charge is 0.292 e. The fourth-order valence-corrected chi connectivity index (χ4v) is 3.87. The van der Waals surface area contributed by atoms with E-state index >= 15 is 0 Å². The highest BCUT2D eigenvalue weighted by molar-refractivity contribution is 5.92. The SMILES string of the molecule is CCc1ccc(-c2cc(NC(=O)C3CCN(c4ccccc4[N+](=O)[O-])CC3)on2)cc1. The van der Waals surface area contributed by atoms with E-state index < -0.39 is 0 Å². The predicted molar refractivity (Wildman–Crippen MR) is 118 cm³/mol. The summed E-state index contributed by atoms with van der Waals surface area (Å²) in [5.74, 6) is 0.0170. The Balaban J connectivity index is 1.35. The van der Waals surface area contributed by atoms with Crippen molar-refractivity contribution in [3.63, 3.8) is 0 Å². The fourth-order valence-electron chi connectivity index (χ4n) is 3.87. The lowest BCUT2D eigenvalue weighted by Gasteiger charge is -2.32. The molecule has 1 N–H and O–H groups in total. The second-order valence-electron chi connectivity index (χ2n) is 7.62. The van der Waals surface area contributed by atoms with Gasteiger partial charge in [0.15, 0.2) is 0 Å². The third kappa shape index (κ3) is 4.58. The number of piperidine rings is 1. The number of hydrogen-bond donors (Lipinski definition) is 1. The maximum atomic E-state index is 12.7. The molecule has 0 radical (unpaired) electrons. The number of hydrogen-bond acceptors (Lipinski definition) is 6. The zero-order valence-corrected chi connectivity index (χ0v) is 17.3. The van der Waals surface area contributed by atoms with Crippen LogP contribution >= 0.6 is 0 Å². The van der Waals surface area contributed by atoms with Crippen molar-refractivity contribution >= 4 is 23.2 Å². The number of rotatable bonds is 6. The number of amides is 1. The molecule has 1 aliphatic heterocycles. The number of para-hydroxylation sites is 2. The number of carbonyl (C=O) groups excluding carboxylic acids is 1. The van der Waals surface area contributed by atoms with Gasteiger partial charge in [0.05, 0.1) is 4.92 Å². The summed E-state index contributed by atoms with van der Waals surface area (Å²) in [5.41, 5.74) is 3.53. The summed E-state index contributed by atoms with van der Waals surface area (Å²) in [7, 11) is 0.